The first-order valence-electron chi connectivity index (χ1n) is 6.41. The Morgan fingerprint density at radius 2 is 1.04 bits per heavy atom. The summed E-state index contributed by atoms with van der Waals surface area (Å²) in [5.74, 6) is -25.4. The number of hydrogen-bond acceptors (Lipinski definition) is 0. The Bertz CT molecular complexity index is 558. The van der Waals surface area contributed by atoms with Crippen LogP contribution in [-0.2, 0) is 0 Å². The molecule has 0 amide bonds. The van der Waals surface area contributed by atoms with E-state index in [9.17, 15) is 52.7 Å². The monoisotopic (exact) mass is 382 g/mol. The second-order valence-corrected chi connectivity index (χ2v) is 6.57. The van der Waals surface area contributed by atoms with E-state index in [0.717, 1.165) is 0 Å². The van der Waals surface area contributed by atoms with Gasteiger partial charge in [-0.3, -0.25) is 0 Å². The number of rotatable bonds is 1. The van der Waals surface area contributed by atoms with Crippen molar-refractivity contribution in [1.82, 2.24) is 0 Å². The lowest BCUT2D eigenvalue weighted by molar-refractivity contribution is -0.495. The van der Waals surface area contributed by atoms with E-state index in [1.807, 2.05) is 0 Å². The Labute approximate surface area is 127 Å². The van der Waals surface area contributed by atoms with Gasteiger partial charge in [-0.05, 0) is 13.8 Å². The van der Waals surface area contributed by atoms with E-state index in [1.54, 1.807) is 0 Å². The summed E-state index contributed by atoms with van der Waals surface area (Å²) in [6.07, 6.45) is -2.77. The van der Waals surface area contributed by atoms with Crippen LogP contribution in [0.4, 0.5) is 52.7 Å². The molecule has 142 valence electrons. The van der Waals surface area contributed by atoms with Crippen molar-refractivity contribution in [2.75, 3.05) is 6.67 Å². The lowest BCUT2D eigenvalue weighted by atomic mass is 9.47. The van der Waals surface area contributed by atoms with Crippen molar-refractivity contribution in [3.63, 3.8) is 0 Å². The minimum Gasteiger partial charge on any atom is -0.247 e. The van der Waals surface area contributed by atoms with Gasteiger partial charge in [0.15, 0.2) is 0 Å². The molecule has 2 saturated carbocycles. The predicted octanol–water partition coefficient (Wildman–Crippen LogP) is 5.07. The normalized spacial score (nSPS) is 51.2. The van der Waals surface area contributed by atoms with E-state index >= 15 is 0 Å². The molecule has 0 N–H and O–H groups in total. The van der Waals surface area contributed by atoms with Crippen molar-refractivity contribution in [2.45, 2.75) is 61.0 Å². The minimum absolute atomic E-state index is 0.423. The highest BCUT2D eigenvalue weighted by molar-refractivity contribution is 5.37. The van der Waals surface area contributed by atoms with Crippen LogP contribution in [0.5, 0.6) is 0 Å². The quantitative estimate of drug-likeness (QED) is 0.556. The Balaban J connectivity index is 3.03. The van der Waals surface area contributed by atoms with Crippen molar-refractivity contribution < 1.29 is 52.7 Å². The van der Waals surface area contributed by atoms with E-state index in [-0.39, 0.29) is 0 Å². The Kier molecular flexibility index (Phi) is 3.33. The van der Waals surface area contributed by atoms with Gasteiger partial charge in [-0.1, -0.05) is 0 Å². The van der Waals surface area contributed by atoms with Gasteiger partial charge in [0.2, 0.25) is 11.3 Å². The fourth-order valence-electron chi connectivity index (χ4n) is 3.54. The maximum absolute atomic E-state index is 14.5. The number of hydrogen-bond donors (Lipinski definition) is 0. The molecule has 0 aromatic heterocycles. The van der Waals surface area contributed by atoms with E-state index in [0.29, 0.717) is 0 Å². The molecule has 24 heavy (non-hydrogen) atoms. The SMILES string of the molecule is CC1(F)C(F)(F)C2(C)CC(F)(CF)C(F)(F)C(F)(C1(F)F)C2(F)F. The lowest BCUT2D eigenvalue weighted by Gasteiger charge is -2.66. The molecule has 0 aromatic rings. The lowest BCUT2D eigenvalue weighted by Crippen LogP contribution is -2.92. The molecule has 0 radical (unpaired) electrons. The van der Waals surface area contributed by atoms with Gasteiger partial charge in [0.25, 0.3) is 5.92 Å². The maximum atomic E-state index is 14.5. The van der Waals surface area contributed by atoms with Gasteiger partial charge in [-0.15, -0.1) is 0 Å². The molecule has 2 aliphatic carbocycles. The highest BCUT2D eigenvalue weighted by Gasteiger charge is 3.04. The fraction of sp³-hybridized carbons (Fsp3) is 1.00. The van der Waals surface area contributed by atoms with Crippen LogP contribution >= 0.6 is 0 Å². The molecule has 2 aliphatic rings. The summed E-state index contributed by atoms with van der Waals surface area (Å²) < 4.78 is 167. The van der Waals surface area contributed by atoms with Gasteiger partial charge in [0.05, 0.1) is 0 Å². The van der Waals surface area contributed by atoms with Gasteiger partial charge in [-0.25, -0.2) is 35.1 Å². The minimum atomic E-state index is -6.75. The first kappa shape index (κ1) is 19.5. The first-order valence-corrected chi connectivity index (χ1v) is 6.41. The first-order chi connectivity index (χ1) is 10.3. The van der Waals surface area contributed by atoms with Crippen LogP contribution in [0.15, 0.2) is 0 Å². The third-order valence-electron chi connectivity index (χ3n) is 5.27. The molecule has 2 bridgehead atoms. The maximum Gasteiger partial charge on any atom is 0.332 e. The summed E-state index contributed by atoms with van der Waals surface area (Å²) in [7, 11) is 0. The summed E-state index contributed by atoms with van der Waals surface area (Å²) in [4.78, 5) is 0. The second kappa shape index (κ2) is 4.11. The average molecular weight is 382 g/mol. The van der Waals surface area contributed by atoms with Crippen molar-refractivity contribution in [3.8, 4) is 0 Å². The summed E-state index contributed by atoms with van der Waals surface area (Å²) in [6.45, 7) is -4.16. The van der Waals surface area contributed by atoms with E-state index in [4.69, 9.17) is 0 Å². The third-order valence-corrected chi connectivity index (χ3v) is 5.27. The van der Waals surface area contributed by atoms with Crippen molar-refractivity contribution >= 4 is 0 Å². The van der Waals surface area contributed by atoms with E-state index in [1.165, 1.54) is 0 Å². The van der Waals surface area contributed by atoms with Gasteiger partial charge >= 0.3 is 23.4 Å². The molecule has 0 nitrogen and oxygen atoms in total. The van der Waals surface area contributed by atoms with Crippen LogP contribution in [0.1, 0.15) is 20.3 Å². The average Bonchev–Trinajstić information content (AvgIpc) is 2.42. The van der Waals surface area contributed by atoms with Crippen LogP contribution in [0.25, 0.3) is 0 Å². The zero-order valence-corrected chi connectivity index (χ0v) is 11.9. The summed E-state index contributed by atoms with van der Waals surface area (Å²) in [5.41, 5.74) is -22.0. The Morgan fingerprint density at radius 3 is 1.42 bits per heavy atom. The Hall–Kier alpha value is -0.840. The Morgan fingerprint density at radius 1 is 0.625 bits per heavy atom. The predicted molar refractivity (Wildman–Crippen MR) is 55.7 cm³/mol. The van der Waals surface area contributed by atoms with Crippen molar-refractivity contribution in [2.24, 2.45) is 5.41 Å². The molecule has 0 spiro atoms. The molecule has 2 rings (SSSR count). The topological polar surface area (TPSA) is 0 Å². The highest BCUT2D eigenvalue weighted by atomic mass is 19.3. The fourth-order valence-corrected chi connectivity index (χ4v) is 3.54. The highest BCUT2D eigenvalue weighted by Crippen LogP contribution is 2.79. The summed E-state index contributed by atoms with van der Waals surface area (Å²) in [6, 6.07) is 0. The standard InChI is InChI=1S/C12H10F12/c1-5-3-7(15,4-13)12(23,24)8(16,10(5,19)20)11(21,22)6(2,14)9(5,17)18/h3-4H2,1-2H3. The number of alkyl halides is 12. The zero-order chi connectivity index (χ0) is 19.4. The molecule has 12 heteroatoms. The molecule has 2 fully saturated rings. The van der Waals surface area contributed by atoms with Gasteiger partial charge in [-0.2, -0.15) is 17.6 Å². The summed E-state index contributed by atoms with van der Waals surface area (Å²) in [5, 5.41) is 0. The number of halogens is 12. The van der Waals surface area contributed by atoms with E-state index < -0.39 is 73.1 Å². The zero-order valence-electron chi connectivity index (χ0n) is 11.9. The molecule has 0 heterocycles. The van der Waals surface area contributed by atoms with Gasteiger partial charge < -0.3 is 0 Å². The van der Waals surface area contributed by atoms with Crippen molar-refractivity contribution in [1.29, 1.82) is 0 Å². The second-order valence-electron chi connectivity index (χ2n) is 6.57. The smallest absolute Gasteiger partial charge is 0.247 e. The van der Waals surface area contributed by atoms with Crippen LogP contribution in [0.2, 0.25) is 0 Å². The molecule has 0 saturated heterocycles. The molecular formula is C12H10F12. The van der Waals surface area contributed by atoms with Crippen LogP contribution in [-0.4, -0.2) is 47.4 Å². The van der Waals surface area contributed by atoms with Crippen LogP contribution in [0, 0.1) is 5.41 Å². The molecule has 4 atom stereocenters. The van der Waals surface area contributed by atoms with Crippen molar-refractivity contribution in [3.05, 3.63) is 0 Å². The molecule has 0 aromatic carbocycles. The largest absolute Gasteiger partial charge is 0.332 e. The van der Waals surface area contributed by atoms with Gasteiger partial charge in [0.1, 0.15) is 12.1 Å². The van der Waals surface area contributed by atoms with Gasteiger partial charge in [0, 0.05) is 6.42 Å². The van der Waals surface area contributed by atoms with Crippen LogP contribution < -0.4 is 0 Å². The molecule has 0 aliphatic heterocycles. The third kappa shape index (κ3) is 1.34. The van der Waals surface area contributed by atoms with E-state index in [2.05, 4.69) is 0 Å². The number of fused-ring (bicyclic) bond motifs is 2. The molecular weight excluding hydrogens is 372 g/mol. The summed E-state index contributed by atoms with van der Waals surface area (Å²) >= 11 is 0. The van der Waals surface area contributed by atoms with Crippen LogP contribution in [0.3, 0.4) is 0 Å². The molecule has 4 unspecified atom stereocenters.